The Morgan fingerprint density at radius 2 is 1.62 bits per heavy atom. The van der Waals surface area contributed by atoms with Gasteiger partial charge in [-0.05, 0) is 36.4 Å². The van der Waals surface area contributed by atoms with Crippen molar-refractivity contribution in [1.82, 2.24) is 0 Å². The van der Waals surface area contributed by atoms with Crippen LogP contribution in [0.2, 0.25) is 15.1 Å². The van der Waals surface area contributed by atoms with E-state index in [1.54, 1.807) is 0 Å². The molecule has 7 heteroatoms. The molecule has 2 rings (SSSR count). The Morgan fingerprint density at radius 3 is 2.19 bits per heavy atom. The van der Waals surface area contributed by atoms with Crippen LogP contribution < -0.4 is 5.32 Å². The number of amides is 1. The van der Waals surface area contributed by atoms with Crippen molar-refractivity contribution in [3.05, 3.63) is 62.6 Å². The molecule has 2 aromatic rings. The highest BCUT2D eigenvalue weighted by Crippen LogP contribution is 2.30. The number of carboxylic acid groups (broad SMARTS) is 1. The molecule has 108 valence electrons. The average molecular weight is 345 g/mol. The summed E-state index contributed by atoms with van der Waals surface area (Å²) in [6, 6.07) is 8.54. The van der Waals surface area contributed by atoms with Gasteiger partial charge in [-0.25, -0.2) is 4.79 Å². The molecule has 0 saturated heterocycles. The van der Waals surface area contributed by atoms with E-state index >= 15 is 0 Å². The largest absolute Gasteiger partial charge is 0.478 e. The lowest BCUT2D eigenvalue weighted by Gasteiger charge is -2.08. The molecule has 0 bridgehead atoms. The maximum Gasteiger partial charge on any atom is 0.335 e. The van der Waals surface area contributed by atoms with Crippen LogP contribution in [0.15, 0.2) is 36.4 Å². The van der Waals surface area contributed by atoms with Crippen molar-refractivity contribution in [2.24, 2.45) is 0 Å². The third-order valence-electron chi connectivity index (χ3n) is 2.63. The first-order chi connectivity index (χ1) is 9.88. The highest BCUT2D eigenvalue weighted by molar-refractivity contribution is 6.45. The molecule has 21 heavy (non-hydrogen) atoms. The Labute approximate surface area is 135 Å². The van der Waals surface area contributed by atoms with Crippen LogP contribution in [0.3, 0.4) is 0 Å². The fourth-order valence-corrected chi connectivity index (χ4v) is 2.30. The number of carbonyl (C=O) groups excluding carboxylic acids is 1. The first-order valence-corrected chi connectivity index (χ1v) is 6.81. The van der Waals surface area contributed by atoms with Crippen LogP contribution in [0, 0.1) is 0 Å². The van der Waals surface area contributed by atoms with Crippen molar-refractivity contribution in [3.8, 4) is 0 Å². The maximum atomic E-state index is 12.1. The number of anilines is 1. The lowest BCUT2D eigenvalue weighted by molar-refractivity contribution is 0.0696. The summed E-state index contributed by atoms with van der Waals surface area (Å²) in [5.41, 5.74) is 0.686. The van der Waals surface area contributed by atoms with Crippen molar-refractivity contribution in [2.75, 3.05) is 5.32 Å². The van der Waals surface area contributed by atoms with Gasteiger partial charge in [0.15, 0.2) is 0 Å². The number of rotatable bonds is 3. The summed E-state index contributed by atoms with van der Waals surface area (Å²) in [7, 11) is 0. The molecule has 0 aliphatic carbocycles. The second-order valence-corrected chi connectivity index (χ2v) is 5.31. The van der Waals surface area contributed by atoms with Crippen molar-refractivity contribution < 1.29 is 14.7 Å². The summed E-state index contributed by atoms with van der Waals surface area (Å²) in [6.07, 6.45) is 0. The van der Waals surface area contributed by atoms with E-state index in [2.05, 4.69) is 5.32 Å². The number of benzene rings is 2. The highest BCUT2D eigenvalue weighted by Gasteiger charge is 2.15. The molecule has 0 radical (unpaired) electrons. The Morgan fingerprint density at radius 1 is 1.00 bits per heavy atom. The van der Waals surface area contributed by atoms with Gasteiger partial charge in [-0.15, -0.1) is 0 Å². The smallest absolute Gasteiger partial charge is 0.335 e. The van der Waals surface area contributed by atoms with Crippen molar-refractivity contribution in [1.29, 1.82) is 0 Å². The average Bonchev–Trinajstić information content (AvgIpc) is 2.43. The van der Waals surface area contributed by atoms with Gasteiger partial charge in [-0.2, -0.15) is 0 Å². The van der Waals surface area contributed by atoms with E-state index in [0.717, 1.165) is 0 Å². The topological polar surface area (TPSA) is 66.4 Å². The summed E-state index contributed by atoms with van der Waals surface area (Å²) in [4.78, 5) is 22.9. The van der Waals surface area contributed by atoms with Crippen LogP contribution >= 0.6 is 34.8 Å². The molecule has 0 spiro atoms. The monoisotopic (exact) mass is 343 g/mol. The molecule has 2 aromatic carbocycles. The molecule has 0 aliphatic rings. The van der Waals surface area contributed by atoms with Crippen molar-refractivity contribution >= 4 is 52.4 Å². The van der Waals surface area contributed by atoms with Gasteiger partial charge in [0.1, 0.15) is 0 Å². The molecule has 2 N–H and O–H groups in total. The van der Waals surface area contributed by atoms with Gasteiger partial charge in [-0.1, -0.05) is 34.8 Å². The summed E-state index contributed by atoms with van der Waals surface area (Å²) >= 11 is 17.7. The van der Waals surface area contributed by atoms with Crippen molar-refractivity contribution in [3.63, 3.8) is 0 Å². The highest BCUT2D eigenvalue weighted by atomic mass is 35.5. The van der Waals surface area contributed by atoms with Crippen LogP contribution in [0.4, 0.5) is 5.69 Å². The lowest BCUT2D eigenvalue weighted by Crippen LogP contribution is -2.12. The Bertz CT molecular complexity index is 714. The third-order valence-corrected chi connectivity index (χ3v) is 3.65. The molecule has 0 saturated carbocycles. The molecular formula is C14H8Cl3NO3. The molecule has 1 amide bonds. The SMILES string of the molecule is O=C(O)c1ccc(NC(=O)c2cc(Cl)cc(Cl)c2Cl)cc1. The first kappa shape index (κ1) is 15.6. The van der Waals surface area contributed by atoms with Crippen LogP contribution in [0.1, 0.15) is 20.7 Å². The van der Waals surface area contributed by atoms with E-state index in [-0.39, 0.29) is 26.2 Å². The van der Waals surface area contributed by atoms with Gasteiger partial charge in [0.05, 0.1) is 21.2 Å². The minimum Gasteiger partial charge on any atom is -0.478 e. The molecule has 4 nitrogen and oxygen atoms in total. The van der Waals surface area contributed by atoms with Crippen molar-refractivity contribution in [2.45, 2.75) is 0 Å². The van der Waals surface area contributed by atoms with Crippen LogP contribution in [0.5, 0.6) is 0 Å². The zero-order valence-electron chi connectivity index (χ0n) is 10.4. The molecule has 0 unspecified atom stereocenters. The lowest BCUT2D eigenvalue weighted by atomic mass is 10.2. The van der Waals surface area contributed by atoms with Crippen LogP contribution in [0.25, 0.3) is 0 Å². The Balaban J connectivity index is 2.24. The number of hydrogen-bond donors (Lipinski definition) is 2. The Hall–Kier alpha value is -1.75. The van der Waals surface area contributed by atoms with Gasteiger partial charge in [0.25, 0.3) is 5.91 Å². The van der Waals surface area contributed by atoms with Crippen LogP contribution in [-0.2, 0) is 0 Å². The number of aromatic carboxylic acids is 1. The normalized spacial score (nSPS) is 10.2. The van der Waals surface area contributed by atoms with E-state index in [9.17, 15) is 9.59 Å². The molecule has 0 heterocycles. The predicted octanol–water partition coefficient (Wildman–Crippen LogP) is 4.60. The number of carbonyl (C=O) groups is 2. The number of hydrogen-bond acceptors (Lipinski definition) is 2. The van der Waals surface area contributed by atoms with E-state index < -0.39 is 11.9 Å². The summed E-state index contributed by atoms with van der Waals surface area (Å²) < 4.78 is 0. The minimum absolute atomic E-state index is 0.0979. The van der Waals surface area contributed by atoms with Gasteiger partial charge < -0.3 is 10.4 Å². The van der Waals surface area contributed by atoms with E-state index in [1.165, 1.54) is 36.4 Å². The predicted molar refractivity (Wildman–Crippen MR) is 82.8 cm³/mol. The minimum atomic E-state index is -1.04. The quantitative estimate of drug-likeness (QED) is 0.800. The second-order valence-electron chi connectivity index (χ2n) is 4.09. The first-order valence-electron chi connectivity index (χ1n) is 5.67. The summed E-state index contributed by atoms with van der Waals surface area (Å²) in [6.45, 7) is 0. The fraction of sp³-hybridized carbons (Fsp3) is 0. The third kappa shape index (κ3) is 3.67. The molecule has 0 atom stereocenters. The van der Waals surface area contributed by atoms with Gasteiger partial charge >= 0.3 is 5.97 Å². The zero-order chi connectivity index (χ0) is 15.6. The van der Waals surface area contributed by atoms with E-state index in [1.807, 2.05) is 0 Å². The Kier molecular flexibility index (Phi) is 4.73. The van der Waals surface area contributed by atoms with Gasteiger partial charge in [0.2, 0.25) is 0 Å². The van der Waals surface area contributed by atoms with Gasteiger partial charge in [-0.3, -0.25) is 4.79 Å². The second kappa shape index (κ2) is 6.35. The summed E-state index contributed by atoms with van der Waals surface area (Å²) in [5.74, 6) is -1.54. The molecule has 0 aromatic heterocycles. The number of carboxylic acids is 1. The summed E-state index contributed by atoms with van der Waals surface area (Å²) in [5, 5.41) is 11.9. The molecule has 0 aliphatic heterocycles. The fourth-order valence-electron chi connectivity index (χ4n) is 1.62. The molecular weight excluding hydrogens is 337 g/mol. The standard InChI is InChI=1S/C14H8Cl3NO3/c15-8-5-10(12(17)11(16)6-8)13(19)18-9-3-1-7(2-4-9)14(20)21/h1-6H,(H,18,19)(H,20,21). The number of nitrogens with one attached hydrogen (secondary N) is 1. The van der Waals surface area contributed by atoms with Crippen LogP contribution in [-0.4, -0.2) is 17.0 Å². The zero-order valence-corrected chi connectivity index (χ0v) is 12.6. The maximum absolute atomic E-state index is 12.1. The number of halogens is 3. The van der Waals surface area contributed by atoms with Gasteiger partial charge in [0, 0.05) is 10.7 Å². The molecule has 0 fully saturated rings. The van der Waals surface area contributed by atoms with E-state index in [4.69, 9.17) is 39.9 Å². The van der Waals surface area contributed by atoms with E-state index in [0.29, 0.717) is 5.69 Å².